The number of likely N-dealkylation sites (tertiary alicyclic amines) is 1. The van der Waals surface area contributed by atoms with Gasteiger partial charge in [-0.15, -0.1) is 0 Å². The van der Waals surface area contributed by atoms with Gasteiger partial charge in [0.25, 0.3) is 0 Å². The Morgan fingerprint density at radius 3 is 2.63 bits per heavy atom. The number of benzene rings is 1. The summed E-state index contributed by atoms with van der Waals surface area (Å²) in [6, 6.07) is 5.09. The van der Waals surface area contributed by atoms with Crippen LogP contribution in [0.15, 0.2) is 18.2 Å². The molecule has 0 aliphatic carbocycles. The molecule has 1 aliphatic heterocycles. The minimum absolute atomic E-state index is 0.259. The Labute approximate surface area is 124 Å². The normalized spacial score (nSPS) is 19.4. The van der Waals surface area contributed by atoms with Crippen LogP contribution >= 0.6 is 23.2 Å². The number of hydrogen-bond acceptors (Lipinski definition) is 2. The molecular formula is C14H20Cl2NO2+. The zero-order chi connectivity index (χ0) is 13.9. The smallest absolute Gasteiger partial charge is 0.138 e. The van der Waals surface area contributed by atoms with Gasteiger partial charge < -0.3 is 14.3 Å². The summed E-state index contributed by atoms with van der Waals surface area (Å²) in [4.78, 5) is 0. The fourth-order valence-corrected chi connectivity index (χ4v) is 3.08. The summed E-state index contributed by atoms with van der Waals surface area (Å²) in [6.45, 7) is 3.26. The molecule has 0 unspecified atom stereocenters. The van der Waals surface area contributed by atoms with Crippen LogP contribution in [0.4, 0.5) is 0 Å². The maximum atomic E-state index is 10.1. The molecule has 1 aromatic carbocycles. The minimum Gasteiger partial charge on any atom is -0.489 e. The number of nitrogens with zero attached hydrogens (tertiary/aromatic N) is 1. The Bertz CT molecular complexity index is 433. The van der Waals surface area contributed by atoms with E-state index in [9.17, 15) is 5.11 Å². The Morgan fingerprint density at radius 1 is 1.32 bits per heavy atom. The van der Waals surface area contributed by atoms with Crippen LogP contribution in [0.2, 0.25) is 10.0 Å². The Hall–Kier alpha value is -0.480. The van der Waals surface area contributed by atoms with Crippen LogP contribution < -0.4 is 4.74 Å². The van der Waals surface area contributed by atoms with Crippen LogP contribution in [-0.4, -0.2) is 49.0 Å². The van der Waals surface area contributed by atoms with Gasteiger partial charge in [0.05, 0.1) is 25.2 Å². The highest BCUT2D eigenvalue weighted by Crippen LogP contribution is 2.27. The molecule has 0 aromatic heterocycles. The topological polar surface area (TPSA) is 29.5 Å². The van der Waals surface area contributed by atoms with Gasteiger partial charge in [0.1, 0.15) is 25.0 Å². The number of aliphatic hydroxyl groups is 1. The van der Waals surface area contributed by atoms with E-state index in [0.29, 0.717) is 15.8 Å². The van der Waals surface area contributed by atoms with Crippen molar-refractivity contribution in [1.82, 2.24) is 0 Å². The van der Waals surface area contributed by atoms with Gasteiger partial charge >= 0.3 is 0 Å². The molecule has 0 spiro atoms. The first-order chi connectivity index (χ1) is 8.98. The molecule has 1 N–H and O–H groups in total. The summed E-state index contributed by atoms with van der Waals surface area (Å²) in [5.74, 6) is 0.564. The lowest BCUT2D eigenvalue weighted by molar-refractivity contribution is -0.900. The van der Waals surface area contributed by atoms with E-state index in [1.165, 1.54) is 12.8 Å². The number of quaternary nitrogens is 1. The quantitative estimate of drug-likeness (QED) is 0.848. The highest BCUT2D eigenvalue weighted by Gasteiger charge is 2.29. The van der Waals surface area contributed by atoms with Crippen molar-refractivity contribution in [1.29, 1.82) is 0 Å². The van der Waals surface area contributed by atoms with Gasteiger partial charge in [0.2, 0.25) is 0 Å². The molecule has 1 fully saturated rings. The Morgan fingerprint density at radius 2 is 2.00 bits per heavy atom. The van der Waals surface area contributed by atoms with Crippen LogP contribution in [0.25, 0.3) is 0 Å². The van der Waals surface area contributed by atoms with E-state index < -0.39 is 6.10 Å². The molecule has 1 aliphatic rings. The lowest BCUT2D eigenvalue weighted by atomic mass is 10.3. The van der Waals surface area contributed by atoms with Crippen LogP contribution in [0.1, 0.15) is 12.8 Å². The van der Waals surface area contributed by atoms with Crippen LogP contribution in [0.5, 0.6) is 5.75 Å². The van der Waals surface area contributed by atoms with E-state index in [4.69, 9.17) is 27.9 Å². The number of ether oxygens (including phenoxy) is 1. The number of likely N-dealkylation sites (N-methyl/N-ethyl adjacent to an activating group) is 1. The maximum absolute atomic E-state index is 10.1. The summed E-state index contributed by atoms with van der Waals surface area (Å²) in [5, 5.41) is 11.1. The second kappa shape index (κ2) is 6.31. The van der Waals surface area contributed by atoms with Crippen molar-refractivity contribution in [2.24, 2.45) is 0 Å². The first kappa shape index (κ1) is 14.9. The molecule has 2 rings (SSSR count). The molecule has 0 bridgehead atoms. The molecule has 19 heavy (non-hydrogen) atoms. The largest absolute Gasteiger partial charge is 0.489 e. The fourth-order valence-electron chi connectivity index (χ4n) is 2.62. The molecule has 1 heterocycles. The highest BCUT2D eigenvalue weighted by atomic mass is 35.5. The van der Waals surface area contributed by atoms with E-state index in [-0.39, 0.29) is 6.61 Å². The van der Waals surface area contributed by atoms with Crippen LogP contribution in [-0.2, 0) is 0 Å². The molecule has 1 aromatic rings. The van der Waals surface area contributed by atoms with Gasteiger partial charge in [0, 0.05) is 17.9 Å². The van der Waals surface area contributed by atoms with Gasteiger partial charge in [-0.1, -0.05) is 23.2 Å². The van der Waals surface area contributed by atoms with Crippen molar-refractivity contribution in [3.63, 3.8) is 0 Å². The van der Waals surface area contributed by atoms with Crippen molar-refractivity contribution in [3.05, 3.63) is 28.2 Å². The minimum atomic E-state index is -0.477. The molecule has 1 atom stereocenters. The maximum Gasteiger partial charge on any atom is 0.138 e. The van der Waals surface area contributed by atoms with E-state index in [1.54, 1.807) is 18.2 Å². The fraction of sp³-hybridized carbons (Fsp3) is 0.571. The van der Waals surface area contributed by atoms with Gasteiger partial charge in [0.15, 0.2) is 0 Å². The summed E-state index contributed by atoms with van der Waals surface area (Å²) >= 11 is 11.8. The van der Waals surface area contributed by atoms with Gasteiger partial charge in [-0.25, -0.2) is 0 Å². The average Bonchev–Trinajstić information content (AvgIpc) is 2.74. The van der Waals surface area contributed by atoms with E-state index >= 15 is 0 Å². The number of hydrogen-bond donors (Lipinski definition) is 1. The summed E-state index contributed by atoms with van der Waals surface area (Å²) < 4.78 is 6.49. The number of halogens is 2. The molecule has 3 nitrogen and oxygen atoms in total. The SMILES string of the molecule is C[N+]1(C[C@@H](O)COc2ccc(Cl)cc2Cl)CCCC1. The van der Waals surface area contributed by atoms with Crippen molar-refractivity contribution < 1.29 is 14.3 Å². The summed E-state index contributed by atoms with van der Waals surface area (Å²) in [6.07, 6.45) is 2.01. The molecule has 0 saturated carbocycles. The molecular weight excluding hydrogens is 285 g/mol. The second-order valence-electron chi connectivity index (χ2n) is 5.50. The summed E-state index contributed by atoms with van der Waals surface area (Å²) in [5.41, 5.74) is 0. The monoisotopic (exact) mass is 304 g/mol. The van der Waals surface area contributed by atoms with Crippen molar-refractivity contribution in [3.8, 4) is 5.75 Å². The predicted molar refractivity (Wildman–Crippen MR) is 78.0 cm³/mol. The third kappa shape index (κ3) is 4.25. The highest BCUT2D eigenvalue weighted by molar-refractivity contribution is 6.35. The van der Waals surface area contributed by atoms with Crippen LogP contribution in [0, 0.1) is 0 Å². The van der Waals surface area contributed by atoms with Crippen molar-refractivity contribution in [2.75, 3.05) is 33.3 Å². The van der Waals surface area contributed by atoms with E-state index in [1.807, 2.05) is 0 Å². The van der Waals surface area contributed by atoms with Gasteiger partial charge in [-0.2, -0.15) is 0 Å². The zero-order valence-corrected chi connectivity index (χ0v) is 12.6. The van der Waals surface area contributed by atoms with Gasteiger partial charge in [-0.3, -0.25) is 0 Å². The van der Waals surface area contributed by atoms with Crippen molar-refractivity contribution >= 4 is 23.2 Å². The van der Waals surface area contributed by atoms with Crippen LogP contribution in [0.3, 0.4) is 0 Å². The lowest BCUT2D eigenvalue weighted by Crippen LogP contribution is -2.47. The van der Waals surface area contributed by atoms with Crippen molar-refractivity contribution in [2.45, 2.75) is 18.9 Å². The van der Waals surface area contributed by atoms with E-state index in [2.05, 4.69) is 7.05 Å². The average molecular weight is 305 g/mol. The number of rotatable bonds is 5. The first-order valence-electron chi connectivity index (χ1n) is 6.58. The Balaban J connectivity index is 1.84. The third-order valence-corrected chi connectivity index (χ3v) is 4.15. The molecule has 106 valence electrons. The third-order valence-electron chi connectivity index (χ3n) is 3.62. The number of aliphatic hydroxyl groups excluding tert-OH is 1. The molecule has 0 radical (unpaired) electrons. The summed E-state index contributed by atoms with van der Waals surface area (Å²) in [7, 11) is 2.19. The standard InChI is InChI=1S/C14H20Cl2NO2/c1-17(6-2-3-7-17)9-12(18)10-19-14-5-4-11(15)8-13(14)16/h4-5,8,12,18H,2-3,6-7,9-10H2,1H3/q+1/t12-/m1/s1. The second-order valence-corrected chi connectivity index (χ2v) is 6.34. The lowest BCUT2D eigenvalue weighted by Gasteiger charge is -2.31. The molecule has 1 saturated heterocycles. The molecule has 5 heteroatoms. The van der Waals surface area contributed by atoms with Gasteiger partial charge in [-0.05, 0) is 18.2 Å². The Kier molecular flexibility index (Phi) is 4.96. The predicted octanol–water partition coefficient (Wildman–Crippen LogP) is 2.97. The zero-order valence-electron chi connectivity index (χ0n) is 11.1. The first-order valence-corrected chi connectivity index (χ1v) is 7.34. The molecule has 0 amide bonds. The van der Waals surface area contributed by atoms with E-state index in [0.717, 1.165) is 24.1 Å².